The number of aromatic nitrogens is 3. The van der Waals surface area contributed by atoms with Gasteiger partial charge in [0.15, 0.2) is 15.5 Å². The third kappa shape index (κ3) is 3.92. The van der Waals surface area contributed by atoms with Gasteiger partial charge in [0.25, 0.3) is 5.91 Å². The molecule has 0 bridgehead atoms. The largest absolute Gasteiger partial charge is 0.383 e. The molecule has 0 radical (unpaired) electrons. The normalized spacial score (nSPS) is 18.3. The van der Waals surface area contributed by atoms with E-state index in [4.69, 9.17) is 9.72 Å². The molecule has 154 valence electrons. The molecule has 0 aliphatic carbocycles. The molecule has 29 heavy (non-hydrogen) atoms. The molecule has 10 heteroatoms. The molecular formula is C19H22N4O4S2. The van der Waals surface area contributed by atoms with E-state index in [1.54, 1.807) is 17.9 Å². The Morgan fingerprint density at radius 3 is 2.93 bits per heavy atom. The number of carbonyl (C=O) groups is 1. The molecule has 0 saturated carbocycles. The van der Waals surface area contributed by atoms with Crippen LogP contribution >= 0.6 is 11.3 Å². The highest BCUT2D eigenvalue weighted by Crippen LogP contribution is 2.33. The molecule has 3 aromatic rings. The van der Waals surface area contributed by atoms with Crippen LogP contribution in [0.3, 0.4) is 0 Å². The molecule has 1 amide bonds. The van der Waals surface area contributed by atoms with Crippen LogP contribution in [-0.2, 0) is 14.6 Å². The quantitative estimate of drug-likeness (QED) is 0.597. The molecule has 4 rings (SSSR count). The second-order valence-corrected chi connectivity index (χ2v) is 10.2. The Morgan fingerprint density at radius 2 is 2.28 bits per heavy atom. The summed E-state index contributed by atoms with van der Waals surface area (Å²) in [7, 11) is -1.50. The van der Waals surface area contributed by atoms with Crippen molar-refractivity contribution in [1.82, 2.24) is 20.1 Å². The monoisotopic (exact) mass is 434 g/mol. The Kier molecular flexibility index (Phi) is 5.41. The summed E-state index contributed by atoms with van der Waals surface area (Å²) in [6.07, 6.45) is 0.499. The lowest BCUT2D eigenvalue weighted by Crippen LogP contribution is -2.27. The van der Waals surface area contributed by atoms with Gasteiger partial charge in [0.1, 0.15) is 0 Å². The van der Waals surface area contributed by atoms with E-state index < -0.39 is 9.84 Å². The predicted molar refractivity (Wildman–Crippen MR) is 112 cm³/mol. The number of carbonyl (C=O) groups excluding carboxylic acids is 1. The number of ether oxygens (including phenoxy) is 1. The van der Waals surface area contributed by atoms with Crippen molar-refractivity contribution < 1.29 is 17.9 Å². The Balaban J connectivity index is 1.86. The molecular weight excluding hydrogens is 412 g/mol. The van der Waals surface area contributed by atoms with Crippen LogP contribution in [0.5, 0.6) is 0 Å². The molecule has 1 aliphatic heterocycles. The van der Waals surface area contributed by atoms with Gasteiger partial charge in [-0.1, -0.05) is 6.07 Å². The Bertz CT molecular complexity index is 1150. The number of aryl methyl sites for hydroxylation is 1. The highest BCUT2D eigenvalue weighted by molar-refractivity contribution is 7.91. The summed E-state index contributed by atoms with van der Waals surface area (Å²) in [6, 6.07) is 5.38. The summed E-state index contributed by atoms with van der Waals surface area (Å²) < 4.78 is 30.7. The van der Waals surface area contributed by atoms with E-state index in [1.807, 2.05) is 24.4 Å². The zero-order valence-electron chi connectivity index (χ0n) is 16.2. The number of amides is 1. The van der Waals surface area contributed by atoms with Crippen LogP contribution < -0.4 is 5.32 Å². The van der Waals surface area contributed by atoms with Gasteiger partial charge in [-0.25, -0.2) is 18.1 Å². The summed E-state index contributed by atoms with van der Waals surface area (Å²) in [4.78, 5) is 18.6. The number of sulfone groups is 1. The van der Waals surface area contributed by atoms with Crippen molar-refractivity contribution in [2.24, 2.45) is 0 Å². The number of pyridine rings is 1. The lowest BCUT2D eigenvalue weighted by Gasteiger charge is -2.12. The van der Waals surface area contributed by atoms with Crippen LogP contribution in [-0.4, -0.2) is 60.9 Å². The number of rotatable bonds is 6. The van der Waals surface area contributed by atoms with Gasteiger partial charge in [0.2, 0.25) is 0 Å². The van der Waals surface area contributed by atoms with Crippen molar-refractivity contribution in [1.29, 1.82) is 0 Å². The summed E-state index contributed by atoms with van der Waals surface area (Å²) in [6.45, 7) is 2.62. The molecule has 8 nitrogen and oxygen atoms in total. The minimum Gasteiger partial charge on any atom is -0.383 e. The van der Waals surface area contributed by atoms with E-state index in [2.05, 4.69) is 10.4 Å². The molecule has 4 heterocycles. The van der Waals surface area contributed by atoms with Crippen molar-refractivity contribution in [2.45, 2.75) is 19.4 Å². The van der Waals surface area contributed by atoms with Gasteiger partial charge in [-0.2, -0.15) is 5.10 Å². The number of hydrogen-bond donors (Lipinski definition) is 1. The van der Waals surface area contributed by atoms with Crippen LogP contribution in [0.15, 0.2) is 23.6 Å². The maximum atomic E-state index is 12.9. The van der Waals surface area contributed by atoms with Crippen LogP contribution in [0, 0.1) is 6.92 Å². The molecule has 0 unspecified atom stereocenters. The predicted octanol–water partition coefficient (Wildman–Crippen LogP) is 2.20. The molecule has 1 fully saturated rings. The van der Waals surface area contributed by atoms with Crippen LogP contribution in [0.25, 0.3) is 21.6 Å². The van der Waals surface area contributed by atoms with E-state index in [9.17, 15) is 13.2 Å². The highest BCUT2D eigenvalue weighted by Gasteiger charge is 2.32. The molecule has 1 aliphatic rings. The average Bonchev–Trinajstić information content (AvgIpc) is 3.40. The van der Waals surface area contributed by atoms with Crippen LogP contribution in [0.1, 0.15) is 28.5 Å². The van der Waals surface area contributed by atoms with Crippen molar-refractivity contribution in [3.8, 4) is 10.6 Å². The van der Waals surface area contributed by atoms with Crippen LogP contribution in [0.2, 0.25) is 0 Å². The SMILES string of the molecule is COCCNC(=O)c1cc(-c2cccs2)nc2c1c(C)nn2[C@H]1CCS(=O)(=O)C1. The number of fused-ring (bicyclic) bond motifs is 1. The molecule has 3 aromatic heterocycles. The zero-order valence-corrected chi connectivity index (χ0v) is 17.8. The second-order valence-electron chi connectivity index (χ2n) is 7.07. The number of nitrogens with zero attached hydrogens (tertiary/aromatic N) is 3. The molecule has 1 N–H and O–H groups in total. The van der Waals surface area contributed by atoms with Gasteiger partial charge in [-0.3, -0.25) is 4.79 Å². The van der Waals surface area contributed by atoms with Gasteiger partial charge in [-0.15, -0.1) is 11.3 Å². The Morgan fingerprint density at radius 1 is 1.45 bits per heavy atom. The summed E-state index contributed by atoms with van der Waals surface area (Å²) >= 11 is 1.53. The first-order valence-corrected chi connectivity index (χ1v) is 12.0. The maximum Gasteiger partial charge on any atom is 0.252 e. The third-order valence-corrected chi connectivity index (χ3v) is 7.64. The van der Waals surface area contributed by atoms with E-state index in [0.717, 1.165) is 4.88 Å². The van der Waals surface area contributed by atoms with Crippen molar-refractivity contribution in [2.75, 3.05) is 31.8 Å². The summed E-state index contributed by atoms with van der Waals surface area (Å²) in [5.74, 6) is -0.0368. The highest BCUT2D eigenvalue weighted by atomic mass is 32.2. The van der Waals surface area contributed by atoms with E-state index in [1.165, 1.54) is 11.3 Å². The van der Waals surface area contributed by atoms with E-state index in [-0.39, 0.29) is 23.5 Å². The van der Waals surface area contributed by atoms with E-state index >= 15 is 0 Å². The molecule has 0 aromatic carbocycles. The summed E-state index contributed by atoms with van der Waals surface area (Å²) in [5.41, 5.74) is 2.37. The van der Waals surface area contributed by atoms with Gasteiger partial charge in [0, 0.05) is 13.7 Å². The second kappa shape index (κ2) is 7.85. The fourth-order valence-corrected chi connectivity index (χ4v) is 6.01. The van der Waals surface area contributed by atoms with Gasteiger partial charge in [0.05, 0.1) is 51.4 Å². The minimum absolute atomic E-state index is 0.0451. The molecule has 1 saturated heterocycles. The molecule has 1 atom stereocenters. The zero-order chi connectivity index (χ0) is 20.6. The first-order chi connectivity index (χ1) is 13.9. The minimum atomic E-state index is -3.08. The first-order valence-electron chi connectivity index (χ1n) is 9.31. The van der Waals surface area contributed by atoms with Crippen molar-refractivity contribution in [3.05, 3.63) is 34.8 Å². The Hall–Kier alpha value is -2.30. The average molecular weight is 435 g/mol. The summed E-state index contributed by atoms with van der Waals surface area (Å²) in [5, 5.41) is 10.1. The van der Waals surface area contributed by atoms with Gasteiger partial charge < -0.3 is 10.1 Å². The number of nitrogens with one attached hydrogen (secondary N) is 1. The maximum absolute atomic E-state index is 12.9. The van der Waals surface area contributed by atoms with Gasteiger partial charge >= 0.3 is 0 Å². The topological polar surface area (TPSA) is 103 Å². The fourth-order valence-electron chi connectivity index (χ4n) is 3.63. The molecule has 0 spiro atoms. The number of methoxy groups -OCH3 is 1. The third-order valence-electron chi connectivity index (χ3n) is 5.00. The number of thiophene rings is 1. The first kappa shape index (κ1) is 20.0. The fraction of sp³-hybridized carbons (Fsp3) is 0.421. The smallest absolute Gasteiger partial charge is 0.252 e. The van der Waals surface area contributed by atoms with Crippen molar-refractivity contribution in [3.63, 3.8) is 0 Å². The number of hydrogen-bond acceptors (Lipinski definition) is 7. The van der Waals surface area contributed by atoms with Crippen LogP contribution in [0.4, 0.5) is 0 Å². The lowest BCUT2D eigenvalue weighted by molar-refractivity contribution is 0.0938. The van der Waals surface area contributed by atoms with E-state index in [0.29, 0.717) is 47.6 Å². The standard InChI is InChI=1S/C19H22N4O4S2/c1-12-17-14(19(24)20-6-7-27-2)10-15(16-4-3-8-28-16)21-18(17)23(22-12)13-5-9-29(25,26)11-13/h3-4,8,10,13H,5-7,9,11H2,1-2H3,(H,20,24)/t13-/m0/s1. The van der Waals surface area contributed by atoms with Crippen molar-refractivity contribution >= 4 is 38.1 Å². The lowest BCUT2D eigenvalue weighted by atomic mass is 10.1. The van der Waals surface area contributed by atoms with Gasteiger partial charge in [-0.05, 0) is 30.9 Å². The Labute approximate surface area is 172 Å².